The summed E-state index contributed by atoms with van der Waals surface area (Å²) in [7, 11) is 1.62. The van der Waals surface area contributed by atoms with Gasteiger partial charge in [-0.15, -0.1) is 12.4 Å². The van der Waals surface area contributed by atoms with E-state index in [-0.39, 0.29) is 58.4 Å². The average Bonchev–Trinajstić information content (AvgIpc) is 3.33. The van der Waals surface area contributed by atoms with Crippen LogP contribution in [0.5, 0.6) is 11.5 Å². The molecule has 1 saturated heterocycles. The maximum atomic E-state index is 11.6. The van der Waals surface area contributed by atoms with Gasteiger partial charge < -0.3 is 19.4 Å². The molecule has 1 fully saturated rings. The van der Waals surface area contributed by atoms with E-state index in [1.165, 1.54) is 5.56 Å². The van der Waals surface area contributed by atoms with Crippen molar-refractivity contribution in [3.05, 3.63) is 101 Å². The van der Waals surface area contributed by atoms with Gasteiger partial charge in [0.25, 0.3) is 5.24 Å². The molecule has 0 spiro atoms. The van der Waals surface area contributed by atoms with Crippen molar-refractivity contribution in [1.82, 2.24) is 10.3 Å². The Kier molecular flexibility index (Phi) is 15.2. The first-order valence-electron chi connectivity index (χ1n) is 13.7. The number of methoxy groups -OCH3 is 1. The predicted molar refractivity (Wildman–Crippen MR) is 169 cm³/mol. The van der Waals surface area contributed by atoms with Crippen LogP contribution < -0.4 is 49.5 Å². The SMILES string of the molecule is CCc1ccc(CCOc2ccc(CC3SC(=O)NC3=O)cc2)nc1.COc1ccc2cc([C@H](C)C(=O)[O-])ccc2c1.Cl.[Na+]. The van der Waals surface area contributed by atoms with E-state index in [9.17, 15) is 19.5 Å². The van der Waals surface area contributed by atoms with E-state index in [1.807, 2.05) is 72.9 Å². The predicted octanol–water partition coefficient (Wildman–Crippen LogP) is 2.29. The summed E-state index contributed by atoms with van der Waals surface area (Å²) in [6.45, 7) is 4.30. The maximum absolute atomic E-state index is 11.6. The number of thioether (sulfide) groups is 1. The van der Waals surface area contributed by atoms with E-state index in [0.717, 1.165) is 63.7 Å². The van der Waals surface area contributed by atoms with Crippen molar-refractivity contribution in [2.24, 2.45) is 0 Å². The van der Waals surface area contributed by atoms with Gasteiger partial charge in [0.15, 0.2) is 0 Å². The fourth-order valence-electron chi connectivity index (χ4n) is 4.32. The number of aromatic nitrogens is 1. The van der Waals surface area contributed by atoms with Crippen molar-refractivity contribution < 1.29 is 58.5 Å². The first-order chi connectivity index (χ1) is 20.2. The fourth-order valence-corrected chi connectivity index (χ4v) is 5.18. The summed E-state index contributed by atoms with van der Waals surface area (Å²) >= 11 is 1.05. The molecule has 0 aliphatic carbocycles. The Morgan fingerprint density at radius 1 is 0.977 bits per heavy atom. The number of benzene rings is 3. The van der Waals surface area contributed by atoms with Crippen LogP contribution in [-0.4, -0.2) is 41.1 Å². The van der Waals surface area contributed by atoms with E-state index in [4.69, 9.17) is 9.47 Å². The summed E-state index contributed by atoms with van der Waals surface area (Å²) in [5.41, 5.74) is 4.01. The van der Waals surface area contributed by atoms with E-state index in [0.29, 0.717) is 13.0 Å². The number of carbonyl (C=O) groups excluding carboxylic acids is 3. The smallest absolute Gasteiger partial charge is 0.550 e. The molecule has 8 nitrogen and oxygen atoms in total. The molecule has 1 aliphatic rings. The first kappa shape index (κ1) is 37.1. The van der Waals surface area contributed by atoms with Gasteiger partial charge in [0.05, 0.1) is 19.0 Å². The van der Waals surface area contributed by atoms with Gasteiger partial charge in [-0.25, -0.2) is 0 Å². The standard InChI is InChI=1S/C19H20N2O3S.C14H14O3.ClH.Na/c1-2-13-3-6-15(20-12-13)9-10-24-16-7-4-14(5-8-16)11-17-18(22)21-19(23)25-17;1-9(14(15)16)10-3-4-12-8-13(17-2)6-5-11(12)7-10;;/h3-8,12,17H,2,9-11H2,1H3,(H,21,22,23);3-9H,1-2H3,(H,15,16);1H;/q;;;+1/p-1/t;9-;;/m.0../s1. The number of nitrogens with zero attached hydrogens (tertiary/aromatic N) is 1. The quantitative estimate of drug-likeness (QED) is 0.262. The molecule has 0 saturated carbocycles. The Balaban J connectivity index is 0.000000313. The third kappa shape index (κ3) is 10.5. The van der Waals surface area contributed by atoms with Crippen molar-refractivity contribution in [3.63, 3.8) is 0 Å². The van der Waals surface area contributed by atoms with Crippen LogP contribution in [0.25, 0.3) is 10.8 Å². The molecule has 226 valence electrons. The molecule has 2 amide bonds. The van der Waals surface area contributed by atoms with E-state index < -0.39 is 11.9 Å². The van der Waals surface area contributed by atoms with Crippen molar-refractivity contribution in [2.45, 2.75) is 44.3 Å². The van der Waals surface area contributed by atoms with Crippen LogP contribution in [0, 0.1) is 0 Å². The number of aryl methyl sites for hydroxylation is 1. The van der Waals surface area contributed by atoms with Crippen LogP contribution in [0.4, 0.5) is 4.79 Å². The molecule has 1 unspecified atom stereocenters. The summed E-state index contributed by atoms with van der Waals surface area (Å²) in [4.78, 5) is 38.0. The molecule has 5 rings (SSSR count). The molecule has 0 radical (unpaired) electrons. The number of rotatable bonds is 10. The number of halogens is 1. The van der Waals surface area contributed by atoms with Gasteiger partial charge >= 0.3 is 29.6 Å². The van der Waals surface area contributed by atoms with Crippen LogP contribution in [0.2, 0.25) is 0 Å². The molecule has 11 heteroatoms. The van der Waals surface area contributed by atoms with Crippen molar-refractivity contribution in [2.75, 3.05) is 13.7 Å². The summed E-state index contributed by atoms with van der Waals surface area (Å²) in [5.74, 6) is -0.289. The van der Waals surface area contributed by atoms with Crippen LogP contribution >= 0.6 is 24.2 Å². The second kappa shape index (κ2) is 18.0. The number of imide groups is 1. The topological polar surface area (TPSA) is 118 Å². The van der Waals surface area contributed by atoms with Gasteiger partial charge in [0, 0.05) is 30.2 Å². The summed E-state index contributed by atoms with van der Waals surface area (Å²) in [6.07, 6.45) is 4.19. The third-order valence-corrected chi connectivity index (χ3v) is 7.94. The number of hydrogen-bond acceptors (Lipinski definition) is 8. The molecule has 2 heterocycles. The number of carbonyl (C=O) groups is 3. The molecule has 4 aromatic rings. The molecule has 0 bridgehead atoms. The molecule has 1 N–H and O–H groups in total. The number of pyridine rings is 1. The summed E-state index contributed by atoms with van der Waals surface area (Å²) in [5, 5.41) is 14.5. The Hall–Kier alpha value is -3.08. The molecular formula is C33H34ClN2NaO6S. The third-order valence-electron chi connectivity index (χ3n) is 6.96. The molecule has 1 aliphatic heterocycles. The number of nitrogens with one attached hydrogen (secondary N) is 1. The van der Waals surface area contributed by atoms with E-state index in [1.54, 1.807) is 14.0 Å². The van der Waals surface area contributed by atoms with Crippen LogP contribution in [0.3, 0.4) is 0 Å². The maximum Gasteiger partial charge on any atom is 1.00 e. The van der Waals surface area contributed by atoms with Crippen LogP contribution in [0.1, 0.15) is 42.1 Å². The number of amides is 2. The number of ether oxygens (including phenoxy) is 2. The zero-order valence-corrected chi connectivity index (χ0v) is 28.8. The van der Waals surface area contributed by atoms with Gasteiger partial charge in [0.2, 0.25) is 5.91 Å². The Labute approximate surface area is 290 Å². The first-order valence-corrected chi connectivity index (χ1v) is 14.6. The normalized spacial score (nSPS) is 14.3. The second-order valence-corrected chi connectivity index (χ2v) is 11.0. The Bertz CT molecular complexity index is 1550. The minimum Gasteiger partial charge on any atom is -0.550 e. The largest absolute Gasteiger partial charge is 1.00 e. The zero-order valence-electron chi connectivity index (χ0n) is 25.2. The second-order valence-electron chi connectivity index (χ2n) is 9.85. The molecular weight excluding hydrogens is 611 g/mol. The molecule has 2 atom stereocenters. The Morgan fingerprint density at radius 2 is 1.64 bits per heavy atom. The van der Waals surface area contributed by atoms with Gasteiger partial charge in [-0.3, -0.25) is 19.9 Å². The van der Waals surface area contributed by atoms with Crippen LogP contribution in [-0.2, 0) is 28.9 Å². The minimum absolute atomic E-state index is 0. The zero-order chi connectivity index (χ0) is 30.1. The molecule has 1 aromatic heterocycles. The number of aliphatic carboxylic acids is 1. The van der Waals surface area contributed by atoms with Crippen molar-refractivity contribution in [1.29, 1.82) is 0 Å². The van der Waals surface area contributed by atoms with Crippen LogP contribution in [0.15, 0.2) is 79.0 Å². The van der Waals surface area contributed by atoms with Gasteiger partial charge in [-0.05, 0) is 70.6 Å². The Morgan fingerprint density at radius 3 is 2.23 bits per heavy atom. The monoisotopic (exact) mass is 644 g/mol. The van der Waals surface area contributed by atoms with Gasteiger partial charge in [-0.2, -0.15) is 0 Å². The minimum atomic E-state index is -1.06. The fraction of sp³-hybridized carbons (Fsp3) is 0.273. The van der Waals surface area contributed by atoms with Crippen molar-refractivity contribution in [3.8, 4) is 11.5 Å². The molecule has 44 heavy (non-hydrogen) atoms. The number of fused-ring (bicyclic) bond motifs is 1. The van der Waals surface area contributed by atoms with Crippen molar-refractivity contribution >= 4 is 52.1 Å². The van der Waals surface area contributed by atoms with E-state index in [2.05, 4.69) is 23.3 Å². The van der Waals surface area contributed by atoms with Gasteiger partial charge in [-0.1, -0.05) is 68.1 Å². The summed E-state index contributed by atoms with van der Waals surface area (Å²) in [6, 6.07) is 23.0. The van der Waals surface area contributed by atoms with Gasteiger partial charge in [0.1, 0.15) is 11.5 Å². The molecule has 3 aromatic carbocycles. The summed E-state index contributed by atoms with van der Waals surface area (Å²) < 4.78 is 10.9. The van der Waals surface area contributed by atoms with E-state index >= 15 is 0 Å². The number of hydrogen-bond donors (Lipinski definition) is 1. The average molecular weight is 645 g/mol. The number of carboxylic acid groups (broad SMARTS) is 1. The number of carboxylic acids is 1.